The van der Waals surface area contributed by atoms with E-state index >= 15 is 0 Å². The molecule has 1 atom stereocenters. The van der Waals surface area contributed by atoms with Crippen molar-refractivity contribution in [2.24, 2.45) is 5.92 Å². The first-order valence-electron chi connectivity index (χ1n) is 9.32. The van der Waals surface area contributed by atoms with Gasteiger partial charge in [-0.05, 0) is 65.8 Å². The SMILES string of the molecule is CNC(=O)C1CCCN(S(=O)(=O)Nc2ccc(F)c(F)c2Nc2ccc(I)cc2F)C1. The van der Waals surface area contributed by atoms with Gasteiger partial charge >= 0.3 is 10.2 Å². The van der Waals surface area contributed by atoms with Crippen molar-refractivity contribution in [2.45, 2.75) is 12.8 Å². The maximum absolute atomic E-state index is 14.5. The summed E-state index contributed by atoms with van der Waals surface area (Å²) in [7, 11) is -2.72. The summed E-state index contributed by atoms with van der Waals surface area (Å²) >= 11 is 1.90. The van der Waals surface area contributed by atoms with Gasteiger partial charge in [0.25, 0.3) is 0 Å². The van der Waals surface area contributed by atoms with Crippen LogP contribution in [-0.4, -0.2) is 38.8 Å². The fourth-order valence-electron chi connectivity index (χ4n) is 3.27. The van der Waals surface area contributed by atoms with Crippen molar-refractivity contribution < 1.29 is 26.4 Å². The summed E-state index contributed by atoms with van der Waals surface area (Å²) in [6, 6.07) is 5.89. The van der Waals surface area contributed by atoms with Gasteiger partial charge in [-0.1, -0.05) is 0 Å². The predicted molar refractivity (Wildman–Crippen MR) is 120 cm³/mol. The maximum atomic E-state index is 14.5. The normalized spacial score (nSPS) is 17.3. The predicted octanol–water partition coefficient (Wildman–Crippen LogP) is 3.57. The van der Waals surface area contributed by atoms with Crippen LogP contribution in [0.1, 0.15) is 12.8 Å². The van der Waals surface area contributed by atoms with E-state index in [4.69, 9.17) is 0 Å². The van der Waals surface area contributed by atoms with Gasteiger partial charge in [0.15, 0.2) is 11.6 Å². The highest BCUT2D eigenvalue weighted by molar-refractivity contribution is 14.1. The second kappa shape index (κ2) is 9.61. The van der Waals surface area contributed by atoms with E-state index in [1.54, 1.807) is 6.07 Å². The molecule has 168 valence electrons. The van der Waals surface area contributed by atoms with Crippen LogP contribution in [0.15, 0.2) is 30.3 Å². The van der Waals surface area contributed by atoms with Gasteiger partial charge < -0.3 is 10.6 Å². The first kappa shape index (κ1) is 23.6. The molecular weight excluding hydrogens is 548 g/mol. The number of carbonyl (C=O) groups excluding carboxylic acids is 1. The van der Waals surface area contributed by atoms with Gasteiger partial charge in [-0.2, -0.15) is 12.7 Å². The first-order valence-corrected chi connectivity index (χ1v) is 11.8. The highest BCUT2D eigenvalue weighted by Crippen LogP contribution is 2.33. The highest BCUT2D eigenvalue weighted by atomic mass is 127. The molecule has 2 aromatic rings. The largest absolute Gasteiger partial charge is 0.359 e. The van der Waals surface area contributed by atoms with Crippen LogP contribution in [0.4, 0.5) is 30.2 Å². The highest BCUT2D eigenvalue weighted by Gasteiger charge is 2.32. The monoisotopic (exact) mass is 568 g/mol. The lowest BCUT2D eigenvalue weighted by molar-refractivity contribution is -0.125. The molecule has 0 aromatic heterocycles. The molecule has 1 heterocycles. The lowest BCUT2D eigenvalue weighted by Gasteiger charge is -2.31. The average molecular weight is 568 g/mol. The van der Waals surface area contributed by atoms with Crippen molar-refractivity contribution in [3.8, 4) is 0 Å². The average Bonchev–Trinajstić information content (AvgIpc) is 2.74. The van der Waals surface area contributed by atoms with Crippen molar-refractivity contribution in [1.82, 2.24) is 9.62 Å². The summed E-state index contributed by atoms with van der Waals surface area (Å²) in [6.07, 6.45) is 1.01. The van der Waals surface area contributed by atoms with Crippen LogP contribution in [-0.2, 0) is 15.0 Å². The standard InChI is InChI=1S/C19H20F3IN4O3S/c1-24-19(28)11-3-2-8-27(10-11)31(29,30)26-16-7-5-13(20)17(22)18(16)25-15-6-4-12(23)9-14(15)21/h4-7,9,11,25-26H,2-3,8,10H2,1H3,(H,24,28). The Kier molecular flexibility index (Phi) is 7.31. The number of carbonyl (C=O) groups is 1. The summed E-state index contributed by atoms with van der Waals surface area (Å²) < 4.78 is 72.3. The van der Waals surface area contributed by atoms with Crippen LogP contribution in [0.2, 0.25) is 0 Å². The lowest BCUT2D eigenvalue weighted by Crippen LogP contribution is -2.46. The van der Waals surface area contributed by atoms with Crippen molar-refractivity contribution in [2.75, 3.05) is 30.2 Å². The number of halogens is 4. The number of anilines is 3. The van der Waals surface area contributed by atoms with E-state index in [-0.39, 0.29) is 30.4 Å². The Labute approximate surface area is 191 Å². The molecule has 31 heavy (non-hydrogen) atoms. The Morgan fingerprint density at radius 2 is 1.84 bits per heavy atom. The van der Waals surface area contributed by atoms with Crippen molar-refractivity contribution in [3.63, 3.8) is 0 Å². The van der Waals surface area contributed by atoms with Gasteiger partial charge in [-0.15, -0.1) is 0 Å². The molecule has 0 radical (unpaired) electrons. The topological polar surface area (TPSA) is 90.5 Å². The van der Waals surface area contributed by atoms with Crippen molar-refractivity contribution >= 4 is 55.8 Å². The molecule has 1 aliphatic rings. The molecule has 1 unspecified atom stereocenters. The lowest BCUT2D eigenvalue weighted by atomic mass is 9.99. The molecule has 3 rings (SSSR count). The quantitative estimate of drug-likeness (QED) is 0.465. The number of nitrogens with zero attached hydrogens (tertiary/aromatic N) is 1. The van der Waals surface area contributed by atoms with Crippen LogP contribution in [0.3, 0.4) is 0 Å². The minimum atomic E-state index is -4.19. The zero-order valence-electron chi connectivity index (χ0n) is 16.4. The third-order valence-electron chi connectivity index (χ3n) is 4.87. The maximum Gasteiger partial charge on any atom is 0.301 e. The van der Waals surface area contributed by atoms with Crippen LogP contribution < -0.4 is 15.4 Å². The first-order chi connectivity index (χ1) is 14.6. The Hall–Kier alpha value is -2.06. The molecule has 3 N–H and O–H groups in total. The number of hydrogen-bond acceptors (Lipinski definition) is 4. The summed E-state index contributed by atoms with van der Waals surface area (Å²) in [4.78, 5) is 11.9. The minimum Gasteiger partial charge on any atom is -0.359 e. The van der Waals surface area contributed by atoms with E-state index in [1.807, 2.05) is 22.6 Å². The molecule has 1 aliphatic heterocycles. The van der Waals surface area contributed by atoms with Gasteiger partial charge in [0.1, 0.15) is 11.5 Å². The minimum absolute atomic E-state index is 0.0484. The molecule has 0 saturated carbocycles. The Balaban J connectivity index is 1.90. The van der Waals surface area contributed by atoms with Gasteiger partial charge in [-0.3, -0.25) is 9.52 Å². The number of piperidine rings is 1. The van der Waals surface area contributed by atoms with E-state index in [0.717, 1.165) is 16.4 Å². The summed E-state index contributed by atoms with van der Waals surface area (Å²) in [5.41, 5.74) is -0.995. The summed E-state index contributed by atoms with van der Waals surface area (Å²) in [5, 5.41) is 4.93. The molecule has 1 saturated heterocycles. The van der Waals surface area contributed by atoms with E-state index in [1.165, 1.54) is 19.2 Å². The van der Waals surface area contributed by atoms with Gasteiger partial charge in [0.05, 0.1) is 17.3 Å². The molecule has 0 spiro atoms. The molecule has 0 bridgehead atoms. The van der Waals surface area contributed by atoms with E-state index in [2.05, 4.69) is 15.4 Å². The number of nitrogens with one attached hydrogen (secondary N) is 3. The fourth-order valence-corrected chi connectivity index (χ4v) is 5.04. The van der Waals surface area contributed by atoms with Crippen LogP contribution >= 0.6 is 22.6 Å². The number of amides is 1. The number of rotatable bonds is 6. The number of hydrogen-bond donors (Lipinski definition) is 3. The van der Waals surface area contributed by atoms with Gasteiger partial charge in [-0.25, -0.2) is 13.2 Å². The van der Waals surface area contributed by atoms with Gasteiger partial charge in [0, 0.05) is 23.7 Å². The molecule has 1 amide bonds. The summed E-state index contributed by atoms with van der Waals surface area (Å²) in [6.45, 7) is 0.119. The van der Waals surface area contributed by atoms with E-state index < -0.39 is 39.3 Å². The van der Waals surface area contributed by atoms with Crippen LogP contribution in [0, 0.1) is 26.9 Å². The Bertz CT molecular complexity index is 1100. The van der Waals surface area contributed by atoms with Gasteiger partial charge in [0.2, 0.25) is 5.91 Å². The van der Waals surface area contributed by atoms with Crippen molar-refractivity contribution in [3.05, 3.63) is 51.4 Å². The number of benzene rings is 2. The third-order valence-corrected chi connectivity index (χ3v) is 7.03. The molecule has 1 fully saturated rings. The zero-order valence-corrected chi connectivity index (χ0v) is 19.4. The van der Waals surface area contributed by atoms with Crippen molar-refractivity contribution in [1.29, 1.82) is 0 Å². The van der Waals surface area contributed by atoms with E-state index in [0.29, 0.717) is 16.4 Å². The molecule has 0 aliphatic carbocycles. The Morgan fingerprint density at radius 1 is 1.13 bits per heavy atom. The smallest absolute Gasteiger partial charge is 0.301 e. The molecule has 2 aromatic carbocycles. The third kappa shape index (κ3) is 5.41. The molecular formula is C19H20F3IN4O3S. The van der Waals surface area contributed by atoms with E-state index in [9.17, 15) is 26.4 Å². The molecule has 7 nitrogen and oxygen atoms in total. The summed E-state index contributed by atoms with van der Waals surface area (Å²) in [5.74, 6) is -4.09. The van der Waals surface area contributed by atoms with Crippen LogP contribution in [0.5, 0.6) is 0 Å². The second-order valence-electron chi connectivity index (χ2n) is 6.95. The second-order valence-corrected chi connectivity index (χ2v) is 9.87. The Morgan fingerprint density at radius 3 is 2.52 bits per heavy atom. The zero-order chi connectivity index (χ0) is 22.8. The fraction of sp³-hybridized carbons (Fsp3) is 0.316. The molecule has 12 heteroatoms. The van der Waals surface area contributed by atoms with Crippen LogP contribution in [0.25, 0.3) is 0 Å².